The molecule has 1 aliphatic rings. The van der Waals surface area contributed by atoms with Crippen molar-refractivity contribution < 1.29 is 0 Å². The van der Waals surface area contributed by atoms with Gasteiger partial charge in [-0.25, -0.2) is 14.6 Å². The zero-order chi connectivity index (χ0) is 11.0. The zero-order valence-electron chi connectivity index (χ0n) is 8.12. The Morgan fingerprint density at radius 3 is 2.75 bits per heavy atom. The molecule has 8 heteroatoms. The molecular formula is C8H7BrN6S. The van der Waals surface area contributed by atoms with Crippen molar-refractivity contribution >= 4 is 27.7 Å². The molecule has 2 aromatic rings. The van der Waals surface area contributed by atoms with Gasteiger partial charge < -0.3 is 0 Å². The minimum Gasteiger partial charge on any atom is -0.230 e. The molecule has 2 heterocycles. The molecule has 6 nitrogen and oxygen atoms in total. The van der Waals surface area contributed by atoms with Gasteiger partial charge in [-0.15, -0.1) is 5.10 Å². The molecule has 16 heavy (non-hydrogen) atoms. The first kappa shape index (κ1) is 10.2. The summed E-state index contributed by atoms with van der Waals surface area (Å²) in [6.07, 6.45) is 5.72. The molecule has 2 aromatic heterocycles. The summed E-state index contributed by atoms with van der Waals surface area (Å²) in [5.74, 6) is 0. The van der Waals surface area contributed by atoms with Crippen LogP contribution in [0.5, 0.6) is 0 Å². The van der Waals surface area contributed by atoms with Crippen molar-refractivity contribution in [2.24, 2.45) is 0 Å². The minimum absolute atomic E-state index is 0.466. The molecule has 0 saturated heterocycles. The highest BCUT2D eigenvalue weighted by Gasteiger charge is 2.28. The summed E-state index contributed by atoms with van der Waals surface area (Å²) in [7, 11) is 0. The van der Waals surface area contributed by atoms with E-state index in [-0.39, 0.29) is 0 Å². The van der Waals surface area contributed by atoms with Gasteiger partial charge in [-0.1, -0.05) is 0 Å². The number of aromatic nitrogens is 6. The zero-order valence-corrected chi connectivity index (χ0v) is 10.5. The van der Waals surface area contributed by atoms with Gasteiger partial charge in [0.1, 0.15) is 0 Å². The first-order chi connectivity index (χ1) is 7.83. The quantitative estimate of drug-likeness (QED) is 0.804. The highest BCUT2D eigenvalue weighted by Crippen LogP contribution is 2.37. The Bertz CT molecular complexity index is 493. The van der Waals surface area contributed by atoms with Crippen LogP contribution < -0.4 is 0 Å². The topological polar surface area (TPSA) is 69.4 Å². The second-order valence-corrected chi connectivity index (χ2v) is 5.27. The predicted molar refractivity (Wildman–Crippen MR) is 59.9 cm³/mol. The highest BCUT2D eigenvalue weighted by molar-refractivity contribution is 9.10. The lowest BCUT2D eigenvalue weighted by Crippen LogP contribution is -1.99. The van der Waals surface area contributed by atoms with Crippen molar-refractivity contribution in [2.75, 3.05) is 0 Å². The van der Waals surface area contributed by atoms with E-state index < -0.39 is 0 Å². The van der Waals surface area contributed by atoms with E-state index in [1.807, 2.05) is 4.68 Å². The third-order valence-electron chi connectivity index (χ3n) is 2.13. The molecule has 1 aliphatic carbocycles. The van der Waals surface area contributed by atoms with E-state index in [1.54, 1.807) is 12.4 Å². The fourth-order valence-electron chi connectivity index (χ4n) is 1.24. The SMILES string of the molecule is Brc1cnc(Sc2nnnn2C2CC2)nc1. The van der Waals surface area contributed by atoms with Gasteiger partial charge in [-0.2, -0.15) is 0 Å². The summed E-state index contributed by atoms with van der Waals surface area (Å²) >= 11 is 4.67. The summed E-state index contributed by atoms with van der Waals surface area (Å²) in [6, 6.07) is 0.466. The van der Waals surface area contributed by atoms with Crippen LogP contribution in [0, 0.1) is 0 Å². The maximum atomic E-state index is 4.17. The van der Waals surface area contributed by atoms with Gasteiger partial charge in [0, 0.05) is 12.4 Å². The lowest BCUT2D eigenvalue weighted by atomic mass is 10.7. The Hall–Kier alpha value is -1.02. The van der Waals surface area contributed by atoms with E-state index in [4.69, 9.17) is 0 Å². The molecule has 0 amide bonds. The van der Waals surface area contributed by atoms with Crippen LogP contribution >= 0.6 is 27.7 Å². The lowest BCUT2D eigenvalue weighted by molar-refractivity contribution is 0.565. The molecule has 0 aliphatic heterocycles. The van der Waals surface area contributed by atoms with Crippen LogP contribution in [0.3, 0.4) is 0 Å². The predicted octanol–water partition coefficient (Wildman–Crippen LogP) is 1.71. The van der Waals surface area contributed by atoms with Crippen LogP contribution in [0.25, 0.3) is 0 Å². The number of hydrogen-bond donors (Lipinski definition) is 0. The third-order valence-corrected chi connectivity index (χ3v) is 3.39. The first-order valence-electron chi connectivity index (χ1n) is 4.76. The average molecular weight is 299 g/mol. The molecule has 0 N–H and O–H groups in total. The monoisotopic (exact) mass is 298 g/mol. The largest absolute Gasteiger partial charge is 0.230 e. The van der Waals surface area contributed by atoms with Gasteiger partial charge in [0.25, 0.3) is 0 Å². The van der Waals surface area contributed by atoms with Crippen molar-refractivity contribution in [3.05, 3.63) is 16.9 Å². The Labute approximate surface area is 104 Å². The Morgan fingerprint density at radius 1 is 1.31 bits per heavy atom. The number of hydrogen-bond acceptors (Lipinski definition) is 6. The van der Waals surface area contributed by atoms with Crippen molar-refractivity contribution in [1.29, 1.82) is 0 Å². The average Bonchev–Trinajstić information content (AvgIpc) is 3.03. The normalized spacial score (nSPS) is 15.3. The molecule has 0 atom stereocenters. The summed E-state index contributed by atoms with van der Waals surface area (Å²) < 4.78 is 2.70. The van der Waals surface area contributed by atoms with Crippen molar-refractivity contribution in [3.8, 4) is 0 Å². The van der Waals surface area contributed by atoms with Crippen LogP contribution in [0.15, 0.2) is 27.2 Å². The first-order valence-corrected chi connectivity index (χ1v) is 6.37. The fraction of sp³-hybridized carbons (Fsp3) is 0.375. The maximum absolute atomic E-state index is 4.17. The van der Waals surface area contributed by atoms with E-state index in [1.165, 1.54) is 11.8 Å². The van der Waals surface area contributed by atoms with E-state index in [0.29, 0.717) is 11.2 Å². The van der Waals surface area contributed by atoms with Crippen molar-refractivity contribution in [1.82, 2.24) is 30.2 Å². The van der Waals surface area contributed by atoms with E-state index in [0.717, 1.165) is 22.5 Å². The smallest absolute Gasteiger partial charge is 0.217 e. The molecule has 0 unspecified atom stereocenters. The molecule has 1 saturated carbocycles. The van der Waals surface area contributed by atoms with Gasteiger partial charge in [0.15, 0.2) is 5.16 Å². The molecule has 0 spiro atoms. The van der Waals surface area contributed by atoms with Crippen molar-refractivity contribution in [3.63, 3.8) is 0 Å². The van der Waals surface area contributed by atoms with Crippen LogP contribution in [0.2, 0.25) is 0 Å². The van der Waals surface area contributed by atoms with Crippen LogP contribution in [0.1, 0.15) is 18.9 Å². The number of tetrazole rings is 1. The molecule has 3 rings (SSSR count). The molecule has 82 valence electrons. The van der Waals surface area contributed by atoms with Gasteiger partial charge in [-0.3, -0.25) is 0 Å². The summed E-state index contributed by atoms with van der Waals surface area (Å²) in [4.78, 5) is 8.34. The summed E-state index contributed by atoms with van der Waals surface area (Å²) in [6.45, 7) is 0. The third kappa shape index (κ3) is 2.07. The van der Waals surface area contributed by atoms with Crippen LogP contribution in [0.4, 0.5) is 0 Å². The second-order valence-electron chi connectivity index (χ2n) is 3.42. The highest BCUT2D eigenvalue weighted by atomic mass is 79.9. The van der Waals surface area contributed by atoms with E-state index in [9.17, 15) is 0 Å². The van der Waals surface area contributed by atoms with Gasteiger partial charge in [0.2, 0.25) is 5.16 Å². The standard InChI is InChI=1S/C8H7BrN6S/c9-5-3-10-7(11-4-5)16-8-12-13-14-15(8)6-1-2-6/h3-4,6H,1-2H2. The van der Waals surface area contributed by atoms with E-state index >= 15 is 0 Å². The molecule has 0 bridgehead atoms. The Balaban J connectivity index is 1.82. The number of rotatable bonds is 3. The van der Waals surface area contributed by atoms with E-state index in [2.05, 4.69) is 41.4 Å². The van der Waals surface area contributed by atoms with Crippen LogP contribution in [-0.2, 0) is 0 Å². The lowest BCUT2D eigenvalue weighted by Gasteiger charge is -2.00. The van der Waals surface area contributed by atoms with Gasteiger partial charge in [0.05, 0.1) is 10.5 Å². The summed E-state index contributed by atoms with van der Waals surface area (Å²) in [5.41, 5.74) is 0. The number of halogens is 1. The maximum Gasteiger partial charge on any atom is 0.217 e. The van der Waals surface area contributed by atoms with Crippen LogP contribution in [-0.4, -0.2) is 30.2 Å². The second kappa shape index (κ2) is 4.10. The Kier molecular flexibility index (Phi) is 2.60. The Morgan fingerprint density at radius 2 is 2.06 bits per heavy atom. The summed E-state index contributed by atoms with van der Waals surface area (Å²) in [5, 5.41) is 13.0. The minimum atomic E-state index is 0.466. The van der Waals surface area contributed by atoms with Gasteiger partial charge in [-0.05, 0) is 51.0 Å². The number of nitrogens with zero attached hydrogens (tertiary/aromatic N) is 6. The molecule has 1 fully saturated rings. The van der Waals surface area contributed by atoms with Crippen molar-refractivity contribution in [2.45, 2.75) is 29.2 Å². The molecule has 0 radical (unpaired) electrons. The van der Waals surface area contributed by atoms with Gasteiger partial charge >= 0.3 is 0 Å². The fourth-order valence-corrected chi connectivity index (χ4v) is 2.17. The molecular weight excluding hydrogens is 292 g/mol. The molecule has 0 aromatic carbocycles.